The molecule has 0 bridgehead atoms. The second kappa shape index (κ2) is 10.4. The molecule has 34 heavy (non-hydrogen) atoms. The van der Waals surface area contributed by atoms with Crippen LogP contribution >= 0.6 is 11.3 Å². The highest BCUT2D eigenvalue weighted by Crippen LogP contribution is 2.37. The van der Waals surface area contributed by atoms with Crippen molar-refractivity contribution in [1.82, 2.24) is 14.9 Å². The fourth-order valence-electron chi connectivity index (χ4n) is 3.73. The SMILES string of the molecule is CCN(C)Cc1ccccc1-c1csc(Nc2cccnc2Oc2ccccc2C(C)(C)C)n1. The number of nitrogens with zero attached hydrogens (tertiary/aromatic N) is 3. The Morgan fingerprint density at radius 2 is 1.76 bits per heavy atom. The number of rotatable bonds is 8. The molecular formula is C28H32N4OS. The van der Waals surface area contributed by atoms with Gasteiger partial charge in [-0.1, -0.05) is 70.2 Å². The van der Waals surface area contributed by atoms with E-state index in [1.165, 1.54) is 5.56 Å². The molecule has 6 heteroatoms. The first-order chi connectivity index (χ1) is 16.3. The number of anilines is 2. The van der Waals surface area contributed by atoms with Crippen LogP contribution in [0.5, 0.6) is 11.6 Å². The van der Waals surface area contributed by atoms with Gasteiger partial charge in [0, 0.05) is 29.2 Å². The van der Waals surface area contributed by atoms with Gasteiger partial charge in [0.05, 0.1) is 5.69 Å². The molecular weight excluding hydrogens is 440 g/mol. The molecule has 1 N–H and O–H groups in total. The summed E-state index contributed by atoms with van der Waals surface area (Å²) in [6.45, 7) is 10.6. The molecule has 2 aromatic heterocycles. The Morgan fingerprint density at radius 1 is 1.00 bits per heavy atom. The first-order valence-electron chi connectivity index (χ1n) is 11.6. The molecule has 0 aliphatic carbocycles. The van der Waals surface area contributed by atoms with Crippen LogP contribution in [0.25, 0.3) is 11.3 Å². The van der Waals surface area contributed by atoms with Gasteiger partial charge in [0.25, 0.3) is 0 Å². The van der Waals surface area contributed by atoms with E-state index < -0.39 is 0 Å². The average Bonchev–Trinajstić information content (AvgIpc) is 3.28. The fraction of sp³-hybridized carbons (Fsp3) is 0.286. The Hall–Kier alpha value is -3.22. The van der Waals surface area contributed by atoms with Crippen molar-refractivity contribution in [1.29, 1.82) is 0 Å². The molecule has 176 valence electrons. The van der Waals surface area contributed by atoms with Crippen molar-refractivity contribution >= 4 is 22.2 Å². The lowest BCUT2D eigenvalue weighted by Gasteiger charge is -2.22. The van der Waals surface area contributed by atoms with Crippen LogP contribution in [0.2, 0.25) is 0 Å². The summed E-state index contributed by atoms with van der Waals surface area (Å²) >= 11 is 1.58. The van der Waals surface area contributed by atoms with Crippen molar-refractivity contribution in [2.24, 2.45) is 0 Å². The molecule has 0 unspecified atom stereocenters. The molecule has 2 aromatic carbocycles. The number of benzene rings is 2. The van der Waals surface area contributed by atoms with Crippen LogP contribution in [0, 0.1) is 0 Å². The van der Waals surface area contributed by atoms with Crippen LogP contribution in [0.1, 0.15) is 38.8 Å². The number of hydrogen-bond donors (Lipinski definition) is 1. The van der Waals surface area contributed by atoms with Crippen molar-refractivity contribution in [3.8, 4) is 22.9 Å². The first-order valence-corrected chi connectivity index (χ1v) is 12.4. The second-order valence-electron chi connectivity index (χ2n) is 9.35. The maximum atomic E-state index is 6.30. The summed E-state index contributed by atoms with van der Waals surface area (Å²) in [4.78, 5) is 11.7. The van der Waals surface area contributed by atoms with E-state index in [2.05, 4.69) is 85.7 Å². The standard InChI is InChI=1S/C28H32N4OS/c1-6-32(5)18-20-12-7-8-13-21(20)24-19-34-27(31-24)30-23-15-11-17-29-26(23)33-25-16-10-9-14-22(25)28(2,3)4/h7-17,19H,6,18H2,1-5H3,(H,30,31). The maximum Gasteiger partial charge on any atom is 0.243 e. The van der Waals surface area contributed by atoms with E-state index in [-0.39, 0.29) is 5.41 Å². The summed E-state index contributed by atoms with van der Waals surface area (Å²) in [5.74, 6) is 1.34. The highest BCUT2D eigenvalue weighted by atomic mass is 32.1. The van der Waals surface area contributed by atoms with Crippen molar-refractivity contribution in [3.63, 3.8) is 0 Å². The smallest absolute Gasteiger partial charge is 0.243 e. The molecule has 0 fully saturated rings. The summed E-state index contributed by atoms with van der Waals surface area (Å²) in [6, 6.07) is 20.4. The summed E-state index contributed by atoms with van der Waals surface area (Å²) < 4.78 is 6.30. The highest BCUT2D eigenvalue weighted by Gasteiger charge is 2.20. The zero-order valence-corrected chi connectivity index (χ0v) is 21.3. The Labute approximate surface area is 206 Å². The van der Waals surface area contributed by atoms with Gasteiger partial charge in [-0.15, -0.1) is 11.3 Å². The summed E-state index contributed by atoms with van der Waals surface area (Å²) in [7, 11) is 2.13. The van der Waals surface area contributed by atoms with Gasteiger partial charge >= 0.3 is 0 Å². The van der Waals surface area contributed by atoms with E-state index in [9.17, 15) is 0 Å². The maximum absolute atomic E-state index is 6.30. The zero-order valence-electron chi connectivity index (χ0n) is 20.5. The Kier molecular flexibility index (Phi) is 7.29. The van der Waals surface area contributed by atoms with Gasteiger partial charge in [0.15, 0.2) is 5.13 Å². The highest BCUT2D eigenvalue weighted by molar-refractivity contribution is 7.14. The largest absolute Gasteiger partial charge is 0.437 e. The van der Waals surface area contributed by atoms with Crippen molar-refractivity contribution in [2.75, 3.05) is 18.9 Å². The van der Waals surface area contributed by atoms with Gasteiger partial charge in [-0.25, -0.2) is 9.97 Å². The molecule has 2 heterocycles. The van der Waals surface area contributed by atoms with Gasteiger partial charge < -0.3 is 15.0 Å². The minimum absolute atomic E-state index is 0.0393. The summed E-state index contributed by atoms with van der Waals surface area (Å²) in [6.07, 6.45) is 1.74. The van der Waals surface area contributed by atoms with Gasteiger partial charge in [0.2, 0.25) is 5.88 Å². The number of para-hydroxylation sites is 1. The molecule has 0 spiro atoms. The van der Waals surface area contributed by atoms with E-state index in [1.54, 1.807) is 17.5 Å². The third kappa shape index (κ3) is 5.64. The predicted octanol–water partition coefficient (Wildman–Crippen LogP) is 7.49. The van der Waals surface area contributed by atoms with Crippen LogP contribution in [0.15, 0.2) is 72.2 Å². The molecule has 4 rings (SSSR count). The third-order valence-electron chi connectivity index (χ3n) is 5.69. The molecule has 0 saturated heterocycles. The third-order valence-corrected chi connectivity index (χ3v) is 6.45. The number of hydrogen-bond acceptors (Lipinski definition) is 6. The van der Waals surface area contributed by atoms with Gasteiger partial charge in [-0.2, -0.15) is 0 Å². The van der Waals surface area contributed by atoms with Crippen LogP contribution in [-0.2, 0) is 12.0 Å². The number of pyridine rings is 1. The molecule has 0 aliphatic heterocycles. The normalized spacial score (nSPS) is 11.6. The molecule has 0 amide bonds. The molecule has 0 aliphatic rings. The van der Waals surface area contributed by atoms with E-state index in [0.717, 1.165) is 46.5 Å². The number of thiazole rings is 1. The molecule has 0 atom stereocenters. The van der Waals surface area contributed by atoms with Gasteiger partial charge in [-0.3, -0.25) is 0 Å². The van der Waals surface area contributed by atoms with Crippen LogP contribution in [0.4, 0.5) is 10.8 Å². The fourth-order valence-corrected chi connectivity index (χ4v) is 4.45. The minimum Gasteiger partial charge on any atom is -0.437 e. The topological polar surface area (TPSA) is 50.3 Å². The van der Waals surface area contributed by atoms with Crippen molar-refractivity contribution in [3.05, 3.63) is 83.4 Å². The lowest BCUT2D eigenvalue weighted by atomic mass is 9.86. The number of aromatic nitrogens is 2. The lowest BCUT2D eigenvalue weighted by molar-refractivity contribution is 0.346. The molecule has 0 saturated carbocycles. The van der Waals surface area contributed by atoms with Gasteiger partial charge in [0.1, 0.15) is 11.4 Å². The van der Waals surface area contributed by atoms with Crippen molar-refractivity contribution in [2.45, 2.75) is 39.7 Å². The Bertz CT molecular complexity index is 1240. The van der Waals surface area contributed by atoms with Gasteiger partial charge in [-0.05, 0) is 42.8 Å². The molecule has 5 nitrogen and oxygen atoms in total. The average molecular weight is 473 g/mol. The first kappa shape index (κ1) is 23.9. The van der Waals surface area contributed by atoms with Crippen LogP contribution < -0.4 is 10.1 Å². The van der Waals surface area contributed by atoms with E-state index >= 15 is 0 Å². The second-order valence-corrected chi connectivity index (χ2v) is 10.2. The van der Waals surface area contributed by atoms with Crippen LogP contribution in [0.3, 0.4) is 0 Å². The van der Waals surface area contributed by atoms with Crippen molar-refractivity contribution < 1.29 is 4.74 Å². The van der Waals surface area contributed by atoms with Crippen LogP contribution in [-0.4, -0.2) is 28.5 Å². The Morgan fingerprint density at radius 3 is 2.56 bits per heavy atom. The molecule has 0 radical (unpaired) electrons. The zero-order chi connectivity index (χ0) is 24.1. The summed E-state index contributed by atoms with van der Waals surface area (Å²) in [5, 5.41) is 6.32. The van der Waals surface area contributed by atoms with E-state index in [1.807, 2.05) is 30.3 Å². The predicted molar refractivity (Wildman–Crippen MR) is 142 cm³/mol. The number of ether oxygens (including phenoxy) is 1. The quantitative estimate of drug-likeness (QED) is 0.288. The Balaban J connectivity index is 1.58. The monoisotopic (exact) mass is 472 g/mol. The van der Waals surface area contributed by atoms with E-state index in [4.69, 9.17) is 9.72 Å². The summed E-state index contributed by atoms with van der Waals surface area (Å²) in [5.41, 5.74) is 5.28. The molecule has 4 aromatic rings. The van der Waals surface area contributed by atoms with E-state index in [0.29, 0.717) is 5.88 Å². The number of nitrogens with one attached hydrogen (secondary N) is 1. The lowest BCUT2D eigenvalue weighted by Crippen LogP contribution is -2.17. The minimum atomic E-state index is -0.0393.